The molecule has 1 saturated heterocycles. The maximum absolute atomic E-state index is 13.7. The molecule has 206 valence electrons. The molecule has 38 heavy (non-hydrogen) atoms. The Balaban J connectivity index is 1.68. The Morgan fingerprint density at radius 1 is 1.18 bits per heavy atom. The van der Waals surface area contributed by atoms with Gasteiger partial charge in [0.1, 0.15) is 17.4 Å². The number of allylic oxidation sites excluding steroid dienone is 4. The topological polar surface area (TPSA) is 83.2 Å². The first-order valence-corrected chi connectivity index (χ1v) is 11.5. The van der Waals surface area contributed by atoms with Crippen molar-refractivity contribution in [3.8, 4) is 0 Å². The van der Waals surface area contributed by atoms with Crippen LogP contribution < -0.4 is 5.69 Å². The third-order valence-electron chi connectivity index (χ3n) is 6.17. The van der Waals surface area contributed by atoms with Crippen molar-refractivity contribution in [1.29, 1.82) is 0 Å². The number of alkyl halides is 6. The molecule has 7 nitrogen and oxygen atoms in total. The molecule has 0 amide bonds. The van der Waals surface area contributed by atoms with Gasteiger partial charge in [0, 0.05) is 18.0 Å². The minimum absolute atomic E-state index is 0.0385. The highest BCUT2D eigenvalue weighted by molar-refractivity contribution is 5.62. The van der Waals surface area contributed by atoms with Gasteiger partial charge in [0.15, 0.2) is 0 Å². The lowest BCUT2D eigenvalue weighted by Crippen LogP contribution is -2.55. The van der Waals surface area contributed by atoms with Gasteiger partial charge in [-0.3, -0.25) is 9.88 Å². The molecule has 1 aromatic carbocycles. The van der Waals surface area contributed by atoms with Gasteiger partial charge in [-0.2, -0.15) is 31.4 Å². The largest absolute Gasteiger partial charge is 0.463 e. The van der Waals surface area contributed by atoms with Crippen LogP contribution in [0.15, 0.2) is 53.1 Å². The van der Waals surface area contributed by atoms with Crippen LogP contribution in [0.1, 0.15) is 35.9 Å². The van der Waals surface area contributed by atoms with Crippen LogP contribution in [0, 0.1) is 5.92 Å². The summed E-state index contributed by atoms with van der Waals surface area (Å²) in [6.07, 6.45) is -5.54. The summed E-state index contributed by atoms with van der Waals surface area (Å²) < 4.78 is 106. The lowest BCUT2D eigenvalue weighted by Gasteiger charge is -2.44. The predicted molar refractivity (Wildman–Crippen MR) is 121 cm³/mol. The number of hydrogen-bond donors (Lipinski definition) is 2. The van der Waals surface area contributed by atoms with Crippen molar-refractivity contribution >= 4 is 5.76 Å². The zero-order valence-corrected chi connectivity index (χ0v) is 19.9. The zero-order chi connectivity index (χ0) is 27.7. The predicted octanol–water partition coefficient (Wildman–Crippen LogP) is 5.17. The van der Waals surface area contributed by atoms with E-state index in [1.807, 2.05) is 4.90 Å². The van der Waals surface area contributed by atoms with Crippen molar-refractivity contribution in [2.75, 3.05) is 13.2 Å². The van der Waals surface area contributed by atoms with Crippen molar-refractivity contribution in [1.82, 2.24) is 20.1 Å². The van der Waals surface area contributed by atoms with E-state index < -0.39 is 58.8 Å². The lowest BCUT2D eigenvalue weighted by atomic mass is 9.89. The summed E-state index contributed by atoms with van der Waals surface area (Å²) in [6, 6.07) is 0.532. The number of rotatable bonds is 6. The van der Waals surface area contributed by atoms with Crippen LogP contribution in [0.25, 0.3) is 5.76 Å². The molecule has 2 aromatic rings. The summed E-state index contributed by atoms with van der Waals surface area (Å²) in [5, 5.41) is 6.14. The summed E-state index contributed by atoms with van der Waals surface area (Å²) in [4.78, 5) is 15.9. The van der Waals surface area contributed by atoms with Crippen LogP contribution in [-0.2, 0) is 28.4 Å². The number of ether oxygens (including phenoxy) is 2. The highest BCUT2D eigenvalue weighted by Crippen LogP contribution is 2.39. The molecule has 1 aromatic heterocycles. The molecule has 2 heterocycles. The minimum atomic E-state index is -5.03. The maximum Gasteiger partial charge on any atom is 0.416 e. The molecule has 1 aliphatic heterocycles. The Morgan fingerprint density at radius 2 is 1.87 bits per heavy atom. The van der Waals surface area contributed by atoms with E-state index >= 15 is 0 Å². The van der Waals surface area contributed by atoms with E-state index in [0.717, 1.165) is 0 Å². The maximum atomic E-state index is 13.7. The first-order valence-electron chi connectivity index (χ1n) is 11.5. The summed E-state index contributed by atoms with van der Waals surface area (Å²) in [7, 11) is 0. The van der Waals surface area contributed by atoms with Gasteiger partial charge in [0.25, 0.3) is 0 Å². The van der Waals surface area contributed by atoms with Gasteiger partial charge in [-0.15, -0.1) is 0 Å². The van der Waals surface area contributed by atoms with Gasteiger partial charge in [0.05, 0.1) is 30.3 Å². The van der Waals surface area contributed by atoms with E-state index in [1.54, 1.807) is 6.08 Å². The van der Waals surface area contributed by atoms with Crippen molar-refractivity contribution in [3.05, 3.63) is 81.3 Å². The average Bonchev–Trinajstić information content (AvgIpc) is 3.26. The molecule has 1 fully saturated rings. The average molecular weight is 548 g/mol. The standard InChI is InChI=1S/C24H23F7N4O3/c1-2-18(14-9-15(23(26,27)28)11-16(10-14)24(29,30)31)38-21-20(13-3-5-17(25)6-4-13)35(7-8-37-21)12-19-32-22(36)34-33-19/h2-3,5-6,9-11,13,20-21H,4,7-8,12H2,1H3,(H2,32,33,34,36)/b18-2-/t13?,20-,21+/m0/s1. The van der Waals surface area contributed by atoms with E-state index in [1.165, 1.54) is 25.2 Å². The number of halogens is 7. The number of benzene rings is 1. The van der Waals surface area contributed by atoms with Crippen molar-refractivity contribution in [2.24, 2.45) is 5.92 Å². The van der Waals surface area contributed by atoms with Gasteiger partial charge >= 0.3 is 18.0 Å². The van der Waals surface area contributed by atoms with E-state index in [-0.39, 0.29) is 31.4 Å². The summed E-state index contributed by atoms with van der Waals surface area (Å²) in [6.45, 7) is 1.97. The first-order chi connectivity index (χ1) is 17.8. The molecule has 3 atom stereocenters. The first kappa shape index (κ1) is 27.6. The van der Waals surface area contributed by atoms with Crippen molar-refractivity contribution < 1.29 is 40.2 Å². The second kappa shape index (κ2) is 10.8. The van der Waals surface area contributed by atoms with Gasteiger partial charge in [-0.1, -0.05) is 6.08 Å². The van der Waals surface area contributed by atoms with Crippen molar-refractivity contribution in [2.45, 2.75) is 44.6 Å². The van der Waals surface area contributed by atoms with Crippen LogP contribution in [0.2, 0.25) is 0 Å². The summed E-state index contributed by atoms with van der Waals surface area (Å²) in [5.41, 5.74) is -3.92. The highest BCUT2D eigenvalue weighted by atomic mass is 19.4. The fourth-order valence-electron chi connectivity index (χ4n) is 4.43. The monoisotopic (exact) mass is 548 g/mol. The van der Waals surface area contributed by atoms with Gasteiger partial charge in [-0.05, 0) is 49.8 Å². The third-order valence-corrected chi connectivity index (χ3v) is 6.17. The number of aromatic nitrogens is 3. The Bertz CT molecular complexity index is 1260. The zero-order valence-electron chi connectivity index (χ0n) is 19.9. The Morgan fingerprint density at radius 3 is 2.39 bits per heavy atom. The molecule has 4 rings (SSSR count). The molecule has 0 saturated carbocycles. The Kier molecular flexibility index (Phi) is 7.83. The molecular formula is C24H23F7N4O3. The third kappa shape index (κ3) is 6.35. The second-order valence-corrected chi connectivity index (χ2v) is 8.74. The number of hydrogen-bond acceptors (Lipinski definition) is 5. The van der Waals surface area contributed by atoms with Crippen LogP contribution >= 0.6 is 0 Å². The molecule has 14 heteroatoms. The van der Waals surface area contributed by atoms with Crippen LogP contribution in [0.5, 0.6) is 0 Å². The van der Waals surface area contributed by atoms with E-state index in [9.17, 15) is 35.5 Å². The summed E-state index contributed by atoms with van der Waals surface area (Å²) >= 11 is 0. The molecule has 0 radical (unpaired) electrons. The minimum Gasteiger partial charge on any atom is -0.463 e. The number of morpholine rings is 1. The fourth-order valence-corrected chi connectivity index (χ4v) is 4.43. The Hall–Kier alpha value is -3.39. The Labute approximate surface area is 211 Å². The molecule has 1 unspecified atom stereocenters. The van der Waals surface area contributed by atoms with Gasteiger partial charge in [-0.25, -0.2) is 14.3 Å². The number of aromatic amines is 2. The SMILES string of the molecule is C/C=C(\O[C@H]1OCCN(Cc2n[nH]c(=O)[nH]2)[C@H]1C1C=CC(F)=CC1)c1cc(C(F)(F)F)cc(C(F)(F)F)c1. The molecule has 2 N–H and O–H groups in total. The van der Waals surface area contributed by atoms with E-state index in [0.29, 0.717) is 24.5 Å². The quantitative estimate of drug-likeness (QED) is 0.385. The number of nitrogens with zero attached hydrogens (tertiary/aromatic N) is 2. The van der Waals surface area contributed by atoms with E-state index in [4.69, 9.17) is 9.47 Å². The molecular weight excluding hydrogens is 525 g/mol. The van der Waals surface area contributed by atoms with Crippen molar-refractivity contribution in [3.63, 3.8) is 0 Å². The van der Waals surface area contributed by atoms with Crippen LogP contribution in [0.3, 0.4) is 0 Å². The summed E-state index contributed by atoms with van der Waals surface area (Å²) in [5.74, 6) is -0.804. The van der Waals surface area contributed by atoms with Crippen LogP contribution in [0.4, 0.5) is 30.7 Å². The normalized spacial score (nSPS) is 23.4. The smallest absolute Gasteiger partial charge is 0.416 e. The molecule has 0 bridgehead atoms. The molecule has 0 spiro atoms. The number of nitrogens with one attached hydrogen (secondary N) is 2. The van der Waals surface area contributed by atoms with Crippen LogP contribution in [-0.4, -0.2) is 45.6 Å². The lowest BCUT2D eigenvalue weighted by molar-refractivity contribution is -0.188. The molecule has 2 aliphatic rings. The fraction of sp³-hybridized carbons (Fsp3) is 0.417. The highest BCUT2D eigenvalue weighted by Gasteiger charge is 2.41. The number of H-pyrrole nitrogens is 2. The van der Waals surface area contributed by atoms with E-state index in [2.05, 4.69) is 15.2 Å². The van der Waals surface area contributed by atoms with Gasteiger partial charge < -0.3 is 9.47 Å². The molecule has 1 aliphatic carbocycles. The van der Waals surface area contributed by atoms with Gasteiger partial charge in [0.2, 0.25) is 6.29 Å². The second-order valence-electron chi connectivity index (χ2n) is 8.74.